The van der Waals surface area contributed by atoms with Crippen LogP contribution in [0.4, 0.5) is 5.69 Å². The zero-order valence-electron chi connectivity index (χ0n) is 15.3. The van der Waals surface area contributed by atoms with Crippen molar-refractivity contribution in [2.24, 2.45) is 0 Å². The number of carbonyl (C=O) groups is 1. The minimum absolute atomic E-state index is 0.0958. The molecular formula is C22H28N2O. The molecule has 1 aliphatic heterocycles. The molecule has 0 radical (unpaired) electrons. The van der Waals surface area contributed by atoms with E-state index in [1.807, 2.05) is 6.07 Å². The molecule has 3 rings (SSSR count). The van der Waals surface area contributed by atoms with E-state index in [0.717, 1.165) is 37.9 Å². The van der Waals surface area contributed by atoms with Gasteiger partial charge in [0.1, 0.15) is 0 Å². The number of benzene rings is 2. The maximum atomic E-state index is 12.7. The van der Waals surface area contributed by atoms with Crippen LogP contribution in [0.15, 0.2) is 48.5 Å². The summed E-state index contributed by atoms with van der Waals surface area (Å²) in [4.78, 5) is 15.0. The summed E-state index contributed by atoms with van der Waals surface area (Å²) in [6.45, 7) is 5.72. The lowest BCUT2D eigenvalue weighted by atomic mass is 10.0. The topological polar surface area (TPSA) is 32.3 Å². The SMILES string of the molecule is CCc1cccc(CC)c1NC(=O)CN1CCCC1c1ccccc1. The first-order valence-electron chi connectivity index (χ1n) is 9.42. The fourth-order valence-corrected chi connectivity index (χ4v) is 3.83. The van der Waals surface area contributed by atoms with Crippen molar-refractivity contribution >= 4 is 11.6 Å². The molecule has 0 aromatic heterocycles. The van der Waals surface area contributed by atoms with Crippen LogP contribution in [-0.2, 0) is 17.6 Å². The monoisotopic (exact) mass is 336 g/mol. The van der Waals surface area contributed by atoms with Crippen LogP contribution in [0.5, 0.6) is 0 Å². The molecule has 1 unspecified atom stereocenters. The van der Waals surface area contributed by atoms with Crippen molar-refractivity contribution in [2.45, 2.75) is 45.6 Å². The lowest BCUT2D eigenvalue weighted by Gasteiger charge is -2.25. The average Bonchev–Trinajstić information content (AvgIpc) is 3.10. The van der Waals surface area contributed by atoms with E-state index < -0.39 is 0 Å². The molecule has 1 heterocycles. The first-order valence-corrected chi connectivity index (χ1v) is 9.42. The second kappa shape index (κ2) is 8.30. The van der Waals surface area contributed by atoms with Gasteiger partial charge in [0.05, 0.1) is 6.54 Å². The van der Waals surface area contributed by atoms with Crippen molar-refractivity contribution < 1.29 is 4.79 Å². The zero-order chi connectivity index (χ0) is 17.6. The Morgan fingerprint density at radius 1 is 1.04 bits per heavy atom. The van der Waals surface area contributed by atoms with Crippen LogP contribution < -0.4 is 5.32 Å². The van der Waals surface area contributed by atoms with E-state index in [2.05, 4.69) is 66.5 Å². The maximum Gasteiger partial charge on any atom is 0.238 e. The Morgan fingerprint density at radius 2 is 1.72 bits per heavy atom. The van der Waals surface area contributed by atoms with Crippen molar-refractivity contribution in [3.63, 3.8) is 0 Å². The second-order valence-electron chi connectivity index (χ2n) is 6.75. The van der Waals surface area contributed by atoms with Crippen molar-refractivity contribution in [3.05, 3.63) is 65.2 Å². The van der Waals surface area contributed by atoms with Crippen molar-refractivity contribution in [3.8, 4) is 0 Å². The summed E-state index contributed by atoms with van der Waals surface area (Å²) >= 11 is 0. The minimum Gasteiger partial charge on any atom is -0.324 e. The van der Waals surface area contributed by atoms with Crippen molar-refractivity contribution in [2.75, 3.05) is 18.4 Å². The molecule has 3 nitrogen and oxygen atoms in total. The summed E-state index contributed by atoms with van der Waals surface area (Å²) in [5.41, 5.74) is 4.77. The molecule has 1 N–H and O–H groups in total. The van der Waals surface area contributed by atoms with Gasteiger partial charge in [-0.25, -0.2) is 0 Å². The number of nitrogens with zero attached hydrogens (tertiary/aromatic N) is 1. The number of likely N-dealkylation sites (tertiary alicyclic amines) is 1. The van der Waals surface area contributed by atoms with E-state index in [0.29, 0.717) is 12.6 Å². The number of aryl methyl sites for hydroxylation is 2. The largest absolute Gasteiger partial charge is 0.324 e. The van der Waals surface area contributed by atoms with Gasteiger partial charge in [-0.15, -0.1) is 0 Å². The third kappa shape index (κ3) is 4.10. The molecule has 0 aliphatic carbocycles. The standard InChI is InChI=1S/C22H28N2O/c1-3-17-12-8-13-18(4-2)22(17)23-21(25)16-24-15-9-14-20(24)19-10-6-5-7-11-19/h5-8,10-13,20H,3-4,9,14-16H2,1-2H3,(H,23,25). The van der Waals surface area contributed by atoms with Crippen molar-refractivity contribution in [1.29, 1.82) is 0 Å². The van der Waals surface area contributed by atoms with Gasteiger partial charge in [-0.1, -0.05) is 62.4 Å². The van der Waals surface area contributed by atoms with Gasteiger partial charge in [-0.05, 0) is 48.9 Å². The fraction of sp³-hybridized carbons (Fsp3) is 0.409. The Hall–Kier alpha value is -2.13. The Kier molecular flexibility index (Phi) is 5.87. The Labute approximate surface area is 151 Å². The summed E-state index contributed by atoms with van der Waals surface area (Å²) in [6, 6.07) is 17.2. The lowest BCUT2D eigenvalue weighted by Crippen LogP contribution is -2.33. The van der Waals surface area contributed by atoms with Crippen molar-refractivity contribution in [1.82, 2.24) is 4.90 Å². The van der Waals surface area contributed by atoms with E-state index >= 15 is 0 Å². The van der Waals surface area contributed by atoms with Gasteiger partial charge in [0.25, 0.3) is 0 Å². The molecule has 2 aromatic rings. The summed E-state index contributed by atoms with van der Waals surface area (Å²) in [6.07, 6.45) is 4.14. The Morgan fingerprint density at radius 3 is 2.36 bits per heavy atom. The number of carbonyl (C=O) groups excluding carboxylic acids is 1. The number of anilines is 1. The molecule has 1 amide bonds. The molecule has 0 saturated carbocycles. The molecule has 1 aliphatic rings. The lowest BCUT2D eigenvalue weighted by molar-refractivity contribution is -0.117. The number of hydrogen-bond donors (Lipinski definition) is 1. The highest BCUT2D eigenvalue weighted by Gasteiger charge is 2.27. The molecule has 1 fully saturated rings. The number of para-hydroxylation sites is 1. The van der Waals surface area contributed by atoms with E-state index in [1.54, 1.807) is 0 Å². The summed E-state index contributed by atoms with van der Waals surface area (Å²) in [5.74, 6) is 0.0958. The molecular weight excluding hydrogens is 308 g/mol. The van der Waals surface area contributed by atoms with Crippen LogP contribution in [0, 0.1) is 0 Å². The van der Waals surface area contributed by atoms with Crippen LogP contribution in [0.3, 0.4) is 0 Å². The first kappa shape index (κ1) is 17.7. The third-order valence-electron chi connectivity index (χ3n) is 5.16. The Bertz CT molecular complexity index is 689. The quantitative estimate of drug-likeness (QED) is 0.837. The third-order valence-corrected chi connectivity index (χ3v) is 5.16. The van der Waals surface area contributed by atoms with Crippen LogP contribution in [-0.4, -0.2) is 23.9 Å². The average molecular weight is 336 g/mol. The van der Waals surface area contributed by atoms with E-state index in [-0.39, 0.29) is 5.91 Å². The molecule has 2 aromatic carbocycles. The molecule has 132 valence electrons. The minimum atomic E-state index is 0.0958. The highest BCUT2D eigenvalue weighted by atomic mass is 16.2. The summed E-state index contributed by atoms with van der Waals surface area (Å²) < 4.78 is 0. The number of hydrogen-bond acceptors (Lipinski definition) is 2. The normalized spacial score (nSPS) is 17.6. The van der Waals surface area contributed by atoms with E-state index in [4.69, 9.17) is 0 Å². The molecule has 1 atom stereocenters. The van der Waals surface area contributed by atoms with Crippen LogP contribution in [0.2, 0.25) is 0 Å². The van der Waals surface area contributed by atoms with Gasteiger partial charge in [0.15, 0.2) is 0 Å². The predicted octanol–water partition coefficient (Wildman–Crippen LogP) is 4.59. The smallest absolute Gasteiger partial charge is 0.238 e. The zero-order valence-corrected chi connectivity index (χ0v) is 15.3. The van der Waals surface area contributed by atoms with Crippen LogP contribution >= 0.6 is 0 Å². The predicted molar refractivity (Wildman–Crippen MR) is 104 cm³/mol. The van der Waals surface area contributed by atoms with Gasteiger partial charge in [-0.3, -0.25) is 9.69 Å². The Balaban J connectivity index is 1.71. The summed E-state index contributed by atoms with van der Waals surface area (Å²) in [7, 11) is 0. The van der Waals surface area contributed by atoms with E-state index in [9.17, 15) is 4.79 Å². The van der Waals surface area contributed by atoms with Crippen LogP contribution in [0.25, 0.3) is 0 Å². The van der Waals surface area contributed by atoms with Gasteiger partial charge in [0.2, 0.25) is 5.91 Å². The molecule has 25 heavy (non-hydrogen) atoms. The van der Waals surface area contributed by atoms with Gasteiger partial charge < -0.3 is 5.32 Å². The second-order valence-corrected chi connectivity index (χ2v) is 6.75. The molecule has 3 heteroatoms. The maximum absolute atomic E-state index is 12.7. The molecule has 1 saturated heterocycles. The highest BCUT2D eigenvalue weighted by molar-refractivity contribution is 5.94. The number of amides is 1. The number of nitrogens with one attached hydrogen (secondary N) is 1. The first-order chi connectivity index (χ1) is 12.2. The fourth-order valence-electron chi connectivity index (χ4n) is 3.83. The number of rotatable bonds is 6. The van der Waals surface area contributed by atoms with Gasteiger partial charge in [0, 0.05) is 11.7 Å². The van der Waals surface area contributed by atoms with Crippen LogP contribution in [0.1, 0.15) is 49.4 Å². The van der Waals surface area contributed by atoms with Gasteiger partial charge in [-0.2, -0.15) is 0 Å². The summed E-state index contributed by atoms with van der Waals surface area (Å²) in [5, 5.41) is 3.20. The van der Waals surface area contributed by atoms with E-state index in [1.165, 1.54) is 16.7 Å². The highest BCUT2D eigenvalue weighted by Crippen LogP contribution is 2.31. The molecule has 0 spiro atoms. The molecule has 0 bridgehead atoms. The van der Waals surface area contributed by atoms with Gasteiger partial charge >= 0.3 is 0 Å².